The molecule has 158 valence electrons. The van der Waals surface area contributed by atoms with E-state index in [9.17, 15) is 4.39 Å². The summed E-state index contributed by atoms with van der Waals surface area (Å²) in [6.45, 7) is 11.9. The lowest BCUT2D eigenvalue weighted by atomic mass is 9.96. The molecule has 1 atom stereocenters. The molecule has 0 aromatic heterocycles. The second-order valence-electron chi connectivity index (χ2n) is 7.92. The lowest BCUT2D eigenvalue weighted by Gasteiger charge is -2.37. The van der Waals surface area contributed by atoms with Gasteiger partial charge in [0.05, 0.1) is 0 Å². The molecule has 1 heterocycles. The van der Waals surface area contributed by atoms with Crippen LogP contribution in [0.2, 0.25) is 0 Å². The number of nitrogens with one attached hydrogen (secondary N) is 2. The third-order valence-corrected chi connectivity index (χ3v) is 6.15. The Labute approximate surface area is 186 Å². The van der Waals surface area contributed by atoms with Gasteiger partial charge in [-0.1, -0.05) is 19.1 Å². The second kappa shape index (κ2) is 10.7. The molecule has 2 N–H and O–H groups in total. The van der Waals surface area contributed by atoms with E-state index in [1.807, 2.05) is 13.1 Å². The molecule has 1 aliphatic heterocycles. The number of likely N-dealkylation sites (N-methyl/N-ethyl adjacent to an activating group) is 1. The Kier molecular flexibility index (Phi) is 8.95. The van der Waals surface area contributed by atoms with Gasteiger partial charge in [-0.15, -0.1) is 24.0 Å². The summed E-state index contributed by atoms with van der Waals surface area (Å²) in [5, 5.41) is 6.92. The molecule has 1 saturated carbocycles. The van der Waals surface area contributed by atoms with Crippen molar-refractivity contribution < 1.29 is 4.39 Å². The summed E-state index contributed by atoms with van der Waals surface area (Å²) >= 11 is 0. The number of halogens is 2. The molecule has 7 heteroatoms. The summed E-state index contributed by atoms with van der Waals surface area (Å²) in [4.78, 5) is 9.41. The Hall–Kier alpha value is -0.930. The molecular weight excluding hydrogens is 468 g/mol. The predicted molar refractivity (Wildman–Crippen MR) is 125 cm³/mol. The molecule has 1 aliphatic carbocycles. The van der Waals surface area contributed by atoms with Gasteiger partial charge in [-0.05, 0) is 44.0 Å². The largest absolute Gasteiger partial charge is 0.356 e. The first-order chi connectivity index (χ1) is 13.1. The van der Waals surface area contributed by atoms with Gasteiger partial charge < -0.3 is 15.5 Å². The van der Waals surface area contributed by atoms with Crippen LogP contribution in [-0.4, -0.2) is 74.7 Å². The van der Waals surface area contributed by atoms with Gasteiger partial charge in [0.15, 0.2) is 5.96 Å². The van der Waals surface area contributed by atoms with E-state index >= 15 is 0 Å². The van der Waals surface area contributed by atoms with Gasteiger partial charge >= 0.3 is 0 Å². The van der Waals surface area contributed by atoms with Crippen LogP contribution in [0.25, 0.3) is 0 Å². The zero-order valence-corrected chi connectivity index (χ0v) is 19.7. The molecular formula is C21H35FIN5. The molecule has 1 aromatic rings. The zero-order chi connectivity index (χ0) is 19.3. The maximum absolute atomic E-state index is 13.6. The molecule has 28 heavy (non-hydrogen) atoms. The Morgan fingerprint density at radius 1 is 1.21 bits per heavy atom. The quantitative estimate of drug-likeness (QED) is 0.341. The molecule has 5 nitrogen and oxygen atoms in total. The van der Waals surface area contributed by atoms with E-state index in [1.54, 1.807) is 12.1 Å². The number of rotatable bonds is 7. The fourth-order valence-corrected chi connectivity index (χ4v) is 3.90. The van der Waals surface area contributed by atoms with Gasteiger partial charge in [0.25, 0.3) is 0 Å². The lowest BCUT2D eigenvalue weighted by Crippen LogP contribution is -2.53. The van der Waals surface area contributed by atoms with Crippen molar-refractivity contribution in [2.75, 3.05) is 52.9 Å². The van der Waals surface area contributed by atoms with Crippen molar-refractivity contribution in [3.63, 3.8) is 0 Å². The monoisotopic (exact) mass is 503 g/mol. The van der Waals surface area contributed by atoms with E-state index < -0.39 is 0 Å². The summed E-state index contributed by atoms with van der Waals surface area (Å²) in [6, 6.07) is 7.49. The standard InChI is InChI=1S/C21H34FN5.HI/c1-4-26-10-12-27(13-11-26)17(2)15-24-20(23-3)25-16-21(8-9-21)18-6-5-7-19(22)14-18;/h5-7,14,17H,4,8-13,15-16H2,1-3H3,(H2,23,24,25);1H. The maximum Gasteiger partial charge on any atom is 0.191 e. The number of piperazine rings is 1. The number of benzene rings is 1. The van der Waals surface area contributed by atoms with E-state index in [1.165, 1.54) is 6.07 Å². The normalized spacial score (nSPS) is 20.9. The lowest BCUT2D eigenvalue weighted by molar-refractivity contribution is 0.107. The summed E-state index contributed by atoms with van der Waals surface area (Å²) < 4.78 is 13.6. The third kappa shape index (κ3) is 6.03. The topological polar surface area (TPSA) is 42.9 Å². The number of hydrogen-bond acceptors (Lipinski definition) is 3. The van der Waals surface area contributed by atoms with Crippen LogP contribution >= 0.6 is 24.0 Å². The van der Waals surface area contributed by atoms with Crippen LogP contribution in [0.1, 0.15) is 32.3 Å². The van der Waals surface area contributed by atoms with Crippen LogP contribution < -0.4 is 10.6 Å². The van der Waals surface area contributed by atoms with Gasteiger partial charge in [-0.3, -0.25) is 9.89 Å². The molecule has 0 amide bonds. The van der Waals surface area contributed by atoms with Gasteiger partial charge in [0, 0.05) is 57.8 Å². The third-order valence-electron chi connectivity index (χ3n) is 6.15. The highest BCUT2D eigenvalue weighted by molar-refractivity contribution is 14.0. The fourth-order valence-electron chi connectivity index (χ4n) is 3.90. The van der Waals surface area contributed by atoms with Gasteiger partial charge in [-0.2, -0.15) is 0 Å². The van der Waals surface area contributed by atoms with E-state index in [2.05, 4.69) is 39.3 Å². The van der Waals surface area contributed by atoms with Crippen molar-refractivity contribution >= 4 is 29.9 Å². The van der Waals surface area contributed by atoms with Crippen LogP contribution in [-0.2, 0) is 5.41 Å². The Bertz CT molecular complexity index is 641. The average Bonchev–Trinajstić information content (AvgIpc) is 3.49. The minimum absolute atomic E-state index is 0. The number of nitrogens with zero attached hydrogens (tertiary/aromatic N) is 3. The zero-order valence-electron chi connectivity index (χ0n) is 17.4. The average molecular weight is 503 g/mol. The highest BCUT2D eigenvalue weighted by Crippen LogP contribution is 2.47. The second-order valence-corrected chi connectivity index (χ2v) is 7.92. The minimum atomic E-state index is -0.154. The van der Waals surface area contributed by atoms with E-state index in [-0.39, 0.29) is 35.2 Å². The molecule has 1 aromatic carbocycles. The molecule has 1 unspecified atom stereocenters. The summed E-state index contributed by atoms with van der Waals surface area (Å²) in [5.74, 6) is 0.676. The Balaban J connectivity index is 0.00000280. The van der Waals surface area contributed by atoms with Crippen molar-refractivity contribution in [1.82, 2.24) is 20.4 Å². The first-order valence-electron chi connectivity index (χ1n) is 10.2. The van der Waals surface area contributed by atoms with Crippen molar-refractivity contribution in [3.05, 3.63) is 35.6 Å². The summed E-state index contributed by atoms with van der Waals surface area (Å²) in [5.41, 5.74) is 1.15. The molecule has 0 radical (unpaired) electrons. The van der Waals surface area contributed by atoms with Gasteiger partial charge in [0.2, 0.25) is 0 Å². The van der Waals surface area contributed by atoms with Crippen molar-refractivity contribution in [1.29, 1.82) is 0 Å². The van der Waals surface area contributed by atoms with Gasteiger partial charge in [0.1, 0.15) is 5.82 Å². The van der Waals surface area contributed by atoms with E-state index in [0.29, 0.717) is 6.04 Å². The first-order valence-corrected chi connectivity index (χ1v) is 10.2. The highest BCUT2D eigenvalue weighted by atomic mass is 127. The summed E-state index contributed by atoms with van der Waals surface area (Å²) in [6.07, 6.45) is 2.19. The van der Waals surface area contributed by atoms with Crippen LogP contribution in [0.4, 0.5) is 4.39 Å². The molecule has 3 rings (SSSR count). The Morgan fingerprint density at radius 2 is 1.93 bits per heavy atom. The molecule has 0 spiro atoms. The molecule has 0 bridgehead atoms. The fraction of sp³-hybridized carbons (Fsp3) is 0.667. The SMILES string of the molecule is CCN1CCN(C(C)CNC(=NC)NCC2(c3cccc(F)c3)CC2)CC1.I. The van der Waals surface area contributed by atoms with E-state index in [4.69, 9.17) is 0 Å². The van der Waals surface area contributed by atoms with Crippen LogP contribution in [0.5, 0.6) is 0 Å². The first kappa shape index (κ1) is 23.3. The molecule has 2 aliphatic rings. The van der Waals surface area contributed by atoms with Crippen LogP contribution in [0, 0.1) is 5.82 Å². The number of guanidine groups is 1. The number of aliphatic imine (C=N–C) groups is 1. The predicted octanol–water partition coefficient (Wildman–Crippen LogP) is 2.67. The molecule has 1 saturated heterocycles. The summed E-state index contributed by atoms with van der Waals surface area (Å²) in [7, 11) is 1.81. The molecule has 2 fully saturated rings. The highest BCUT2D eigenvalue weighted by Gasteiger charge is 2.44. The van der Waals surface area contributed by atoms with Crippen LogP contribution in [0.15, 0.2) is 29.3 Å². The number of hydrogen-bond donors (Lipinski definition) is 2. The van der Waals surface area contributed by atoms with Crippen molar-refractivity contribution in [3.8, 4) is 0 Å². The van der Waals surface area contributed by atoms with Gasteiger partial charge in [-0.25, -0.2) is 4.39 Å². The van der Waals surface area contributed by atoms with Crippen LogP contribution in [0.3, 0.4) is 0 Å². The Morgan fingerprint density at radius 3 is 2.50 bits per heavy atom. The maximum atomic E-state index is 13.6. The smallest absolute Gasteiger partial charge is 0.191 e. The van der Waals surface area contributed by atoms with Crippen molar-refractivity contribution in [2.45, 2.75) is 38.1 Å². The van der Waals surface area contributed by atoms with E-state index in [0.717, 1.165) is 70.2 Å². The minimum Gasteiger partial charge on any atom is -0.356 e. The van der Waals surface area contributed by atoms with Crippen molar-refractivity contribution in [2.24, 2.45) is 4.99 Å².